The second-order valence-corrected chi connectivity index (χ2v) is 17.2. The highest BCUT2D eigenvalue weighted by atomic mass is 16.3. The molecule has 2 heterocycles. The van der Waals surface area contributed by atoms with Crippen LogP contribution in [0.1, 0.15) is 0 Å². The fourth-order valence-corrected chi connectivity index (χ4v) is 10.3. The maximum atomic E-state index is 6.76. The van der Waals surface area contributed by atoms with E-state index in [4.69, 9.17) is 4.42 Å². The minimum atomic E-state index is 0.881. The summed E-state index contributed by atoms with van der Waals surface area (Å²) in [5.41, 5.74) is 17.5. The molecule has 0 aliphatic carbocycles. The molecule has 3 nitrogen and oxygen atoms in total. The van der Waals surface area contributed by atoms with Gasteiger partial charge in [0.1, 0.15) is 11.2 Å². The van der Waals surface area contributed by atoms with E-state index >= 15 is 0 Å². The summed E-state index contributed by atoms with van der Waals surface area (Å²) in [4.78, 5) is 2.45. The molecule has 0 aliphatic rings. The average Bonchev–Trinajstić information content (AvgIpc) is 3.95. The van der Waals surface area contributed by atoms with Gasteiger partial charge < -0.3 is 13.9 Å². The van der Waals surface area contributed by atoms with E-state index in [2.05, 4.69) is 258 Å². The van der Waals surface area contributed by atoms with Crippen molar-refractivity contribution in [2.24, 2.45) is 0 Å². The van der Waals surface area contributed by atoms with Crippen LogP contribution in [-0.2, 0) is 0 Å². The van der Waals surface area contributed by atoms with Crippen LogP contribution in [0, 0.1) is 0 Å². The first-order chi connectivity index (χ1) is 33.2. The van der Waals surface area contributed by atoms with E-state index in [-0.39, 0.29) is 0 Å². The van der Waals surface area contributed by atoms with Crippen LogP contribution in [0.2, 0.25) is 0 Å². The van der Waals surface area contributed by atoms with E-state index in [9.17, 15) is 0 Å². The lowest BCUT2D eigenvalue weighted by Gasteiger charge is -2.31. The average molecular weight is 855 g/mol. The molecule has 0 saturated heterocycles. The molecule has 0 radical (unpaired) electrons. The minimum absolute atomic E-state index is 0.881. The summed E-state index contributed by atoms with van der Waals surface area (Å²) in [6.45, 7) is 0. The van der Waals surface area contributed by atoms with Crippen molar-refractivity contribution in [2.75, 3.05) is 4.90 Å². The largest absolute Gasteiger partial charge is 0.455 e. The first kappa shape index (κ1) is 38.5. The Morgan fingerprint density at radius 2 is 0.940 bits per heavy atom. The summed E-state index contributed by atoms with van der Waals surface area (Å²) in [5, 5.41) is 7.09. The van der Waals surface area contributed by atoms with Crippen LogP contribution in [0.3, 0.4) is 0 Å². The fraction of sp³-hybridized carbons (Fsp3) is 0. The van der Waals surface area contributed by atoms with Crippen molar-refractivity contribution in [1.82, 2.24) is 4.57 Å². The van der Waals surface area contributed by atoms with Gasteiger partial charge in [0.05, 0.1) is 22.4 Å². The zero-order chi connectivity index (χ0) is 44.3. The van der Waals surface area contributed by atoms with E-state index in [1.54, 1.807) is 0 Å². The summed E-state index contributed by atoms with van der Waals surface area (Å²) in [5.74, 6) is 0. The van der Waals surface area contributed by atoms with Crippen LogP contribution in [-0.4, -0.2) is 4.57 Å². The Bertz CT molecular complexity index is 3980. The predicted molar refractivity (Wildman–Crippen MR) is 282 cm³/mol. The third kappa shape index (κ3) is 6.51. The molecule has 0 fully saturated rings. The molecule has 0 aliphatic heterocycles. The summed E-state index contributed by atoms with van der Waals surface area (Å²) >= 11 is 0. The van der Waals surface area contributed by atoms with Gasteiger partial charge in [-0.25, -0.2) is 0 Å². The molecule has 2 aromatic heterocycles. The van der Waals surface area contributed by atoms with Crippen molar-refractivity contribution < 1.29 is 4.42 Å². The number of para-hydroxylation sites is 5. The predicted octanol–water partition coefficient (Wildman–Crippen LogP) is 18.0. The van der Waals surface area contributed by atoms with Gasteiger partial charge >= 0.3 is 0 Å². The molecule has 67 heavy (non-hydrogen) atoms. The Morgan fingerprint density at radius 1 is 0.328 bits per heavy atom. The van der Waals surface area contributed by atoms with Gasteiger partial charge in [-0.2, -0.15) is 0 Å². The summed E-state index contributed by atoms with van der Waals surface area (Å²) in [6, 6.07) is 92.0. The smallest absolute Gasteiger partial charge is 0.143 e. The van der Waals surface area contributed by atoms with Gasteiger partial charge in [-0.1, -0.05) is 194 Å². The van der Waals surface area contributed by atoms with Crippen LogP contribution in [0.5, 0.6) is 0 Å². The van der Waals surface area contributed by atoms with E-state index in [1.165, 1.54) is 32.6 Å². The van der Waals surface area contributed by atoms with Crippen molar-refractivity contribution in [3.05, 3.63) is 255 Å². The zero-order valence-corrected chi connectivity index (χ0v) is 36.6. The molecule has 0 spiro atoms. The molecule has 13 aromatic rings. The highest BCUT2D eigenvalue weighted by Gasteiger charge is 2.25. The van der Waals surface area contributed by atoms with Gasteiger partial charge in [-0.3, -0.25) is 0 Å². The van der Waals surface area contributed by atoms with Crippen LogP contribution < -0.4 is 4.90 Å². The minimum Gasteiger partial charge on any atom is -0.455 e. The van der Waals surface area contributed by atoms with Crippen molar-refractivity contribution in [2.45, 2.75) is 0 Å². The van der Waals surface area contributed by atoms with Crippen LogP contribution in [0.25, 0.3) is 105 Å². The third-order valence-corrected chi connectivity index (χ3v) is 13.4. The molecule has 0 atom stereocenters. The number of anilines is 3. The maximum absolute atomic E-state index is 6.76. The quantitative estimate of drug-likeness (QED) is 0.152. The number of rotatable bonds is 8. The van der Waals surface area contributed by atoms with Gasteiger partial charge in [0.15, 0.2) is 0 Å². The van der Waals surface area contributed by atoms with Crippen LogP contribution in [0.15, 0.2) is 259 Å². The number of aromatic nitrogens is 1. The lowest BCUT2D eigenvalue weighted by Crippen LogP contribution is -2.13. The third-order valence-electron chi connectivity index (χ3n) is 13.4. The zero-order valence-electron chi connectivity index (χ0n) is 36.6. The molecule has 11 aromatic carbocycles. The lowest BCUT2D eigenvalue weighted by molar-refractivity contribution is 0.670. The molecular weight excluding hydrogens is 813 g/mol. The van der Waals surface area contributed by atoms with E-state index in [1.807, 2.05) is 6.07 Å². The highest BCUT2D eigenvalue weighted by molar-refractivity contribution is 6.13. The maximum Gasteiger partial charge on any atom is 0.143 e. The van der Waals surface area contributed by atoms with Crippen molar-refractivity contribution in [3.8, 4) is 50.2 Å². The van der Waals surface area contributed by atoms with Crippen molar-refractivity contribution >= 4 is 71.6 Å². The Labute approximate surface area is 388 Å². The molecule has 0 N–H and O–H groups in total. The van der Waals surface area contributed by atoms with Gasteiger partial charge in [0.25, 0.3) is 0 Å². The molecular formula is C64H42N2O. The summed E-state index contributed by atoms with van der Waals surface area (Å²) in [6.07, 6.45) is 0. The summed E-state index contributed by atoms with van der Waals surface area (Å²) < 4.78 is 9.15. The van der Waals surface area contributed by atoms with Crippen molar-refractivity contribution in [1.29, 1.82) is 0 Å². The monoisotopic (exact) mass is 854 g/mol. The highest BCUT2D eigenvalue weighted by Crippen LogP contribution is 2.50. The van der Waals surface area contributed by atoms with Crippen LogP contribution in [0.4, 0.5) is 17.1 Å². The fourth-order valence-electron chi connectivity index (χ4n) is 10.3. The standard InChI is InChI=1S/C64H42N2O/c1-3-18-45(19-4-1)51-23-9-12-29-58(51)65(50-38-35-44(36-39-50)47-37-40-53-52-24-10-13-30-59(52)66(61(53)42-47)49-21-5-2-6-22-49)60-31-16-26-55(63(60)48-34-33-43-17-7-8-20-46(43)41-48)57-28-15-27-56-54-25-11-14-32-62(54)67-64(56)57/h1-42H. The number of furan rings is 1. The van der Waals surface area contributed by atoms with E-state index in [0.717, 1.165) is 89.2 Å². The molecule has 314 valence electrons. The van der Waals surface area contributed by atoms with Gasteiger partial charge in [-0.15, -0.1) is 0 Å². The number of hydrogen-bond donors (Lipinski definition) is 0. The van der Waals surface area contributed by atoms with Gasteiger partial charge in [0, 0.05) is 49.6 Å². The van der Waals surface area contributed by atoms with Crippen molar-refractivity contribution in [3.63, 3.8) is 0 Å². The number of benzene rings is 11. The first-order valence-electron chi connectivity index (χ1n) is 22.9. The summed E-state index contributed by atoms with van der Waals surface area (Å²) in [7, 11) is 0. The molecule has 0 saturated carbocycles. The Morgan fingerprint density at radius 3 is 1.81 bits per heavy atom. The Balaban J connectivity index is 1.04. The van der Waals surface area contributed by atoms with Gasteiger partial charge in [0.2, 0.25) is 0 Å². The second kappa shape index (κ2) is 16.0. The second-order valence-electron chi connectivity index (χ2n) is 17.2. The topological polar surface area (TPSA) is 21.3 Å². The Hall–Kier alpha value is -8.92. The Kier molecular flexibility index (Phi) is 9.17. The SMILES string of the molecule is c1ccc(-c2ccccc2N(c2ccc(-c3ccc4c5ccccc5n(-c5ccccc5)c4c3)cc2)c2cccc(-c3cccc4c3oc3ccccc34)c2-c2ccc3ccccc3c2)cc1. The molecule has 0 unspecified atom stereocenters. The lowest BCUT2D eigenvalue weighted by atomic mass is 9.90. The normalized spacial score (nSPS) is 11.6. The van der Waals surface area contributed by atoms with E-state index in [0.29, 0.717) is 0 Å². The van der Waals surface area contributed by atoms with Crippen LogP contribution >= 0.6 is 0 Å². The molecule has 13 rings (SSSR count). The number of hydrogen-bond acceptors (Lipinski definition) is 2. The molecule has 0 amide bonds. The molecule has 3 heteroatoms. The van der Waals surface area contributed by atoms with Gasteiger partial charge in [-0.05, 0) is 99.3 Å². The van der Waals surface area contributed by atoms with E-state index < -0.39 is 0 Å². The molecule has 0 bridgehead atoms. The first-order valence-corrected chi connectivity index (χ1v) is 22.9. The number of fused-ring (bicyclic) bond motifs is 7. The number of nitrogens with zero attached hydrogens (tertiary/aromatic N) is 2.